The van der Waals surface area contributed by atoms with E-state index in [1.165, 1.54) is 31.4 Å². The van der Waals surface area contributed by atoms with Gasteiger partial charge in [-0.3, -0.25) is 0 Å². The predicted molar refractivity (Wildman–Crippen MR) is 92.0 cm³/mol. The number of anilines is 3. The molecule has 1 fully saturated rings. The fourth-order valence-electron chi connectivity index (χ4n) is 3.00. The van der Waals surface area contributed by atoms with E-state index in [2.05, 4.69) is 27.1 Å². The topological polar surface area (TPSA) is 41.1 Å². The maximum absolute atomic E-state index is 13.2. The summed E-state index contributed by atoms with van der Waals surface area (Å²) < 4.78 is 13.2. The van der Waals surface area contributed by atoms with Gasteiger partial charge >= 0.3 is 0 Å². The van der Waals surface area contributed by atoms with Crippen LogP contribution in [-0.4, -0.2) is 22.6 Å². The normalized spacial score (nSPS) is 18.0. The van der Waals surface area contributed by atoms with Gasteiger partial charge in [0.25, 0.3) is 0 Å². The van der Waals surface area contributed by atoms with Crippen molar-refractivity contribution in [3.05, 3.63) is 41.3 Å². The number of nitrogens with zero attached hydrogens (tertiary/aromatic N) is 3. The lowest BCUT2D eigenvalue weighted by Crippen LogP contribution is -2.39. The number of hydrogen-bond acceptors (Lipinski definition) is 4. The van der Waals surface area contributed by atoms with Gasteiger partial charge < -0.3 is 10.2 Å². The zero-order valence-electron chi connectivity index (χ0n) is 13.1. The van der Waals surface area contributed by atoms with Gasteiger partial charge in [-0.25, -0.2) is 9.37 Å². The number of piperidine rings is 1. The molecule has 2 aromatic rings. The summed E-state index contributed by atoms with van der Waals surface area (Å²) in [4.78, 5) is 11.2. The molecule has 1 aromatic carbocycles. The first-order valence-corrected chi connectivity index (χ1v) is 8.37. The highest BCUT2D eigenvalue weighted by molar-refractivity contribution is 6.31. The van der Waals surface area contributed by atoms with Crippen LogP contribution in [-0.2, 0) is 0 Å². The van der Waals surface area contributed by atoms with Crippen molar-refractivity contribution >= 4 is 29.1 Å². The molecule has 0 saturated carbocycles. The second-order valence-electron chi connectivity index (χ2n) is 5.74. The number of nitrogens with one attached hydrogen (secondary N) is 1. The molecular weight excluding hydrogens is 315 g/mol. The van der Waals surface area contributed by atoms with Crippen molar-refractivity contribution in [2.24, 2.45) is 0 Å². The molecule has 0 aliphatic carbocycles. The molecule has 1 aromatic heterocycles. The lowest BCUT2D eigenvalue weighted by Gasteiger charge is -2.36. The molecule has 3 rings (SSSR count). The van der Waals surface area contributed by atoms with Gasteiger partial charge in [0.15, 0.2) is 0 Å². The Morgan fingerprint density at radius 2 is 2.22 bits per heavy atom. The summed E-state index contributed by atoms with van der Waals surface area (Å²) in [5.41, 5.74) is 0.666. The van der Waals surface area contributed by atoms with Gasteiger partial charge in [0.2, 0.25) is 5.95 Å². The van der Waals surface area contributed by atoms with Gasteiger partial charge in [-0.1, -0.05) is 18.5 Å². The largest absolute Gasteiger partial charge is 0.353 e. The van der Waals surface area contributed by atoms with Crippen LogP contribution in [0.15, 0.2) is 30.5 Å². The average Bonchev–Trinajstić information content (AvgIpc) is 2.58. The molecule has 122 valence electrons. The minimum Gasteiger partial charge on any atom is -0.353 e. The summed E-state index contributed by atoms with van der Waals surface area (Å²) in [6.45, 7) is 3.24. The Balaban J connectivity index is 1.80. The fourth-order valence-corrected chi connectivity index (χ4v) is 3.18. The van der Waals surface area contributed by atoms with E-state index in [1.807, 2.05) is 6.07 Å². The summed E-state index contributed by atoms with van der Waals surface area (Å²) in [6, 6.07) is 6.95. The number of aromatic nitrogens is 2. The molecule has 1 aliphatic heterocycles. The molecule has 1 saturated heterocycles. The van der Waals surface area contributed by atoms with Crippen LogP contribution < -0.4 is 10.2 Å². The van der Waals surface area contributed by atoms with E-state index >= 15 is 0 Å². The molecule has 1 aliphatic rings. The summed E-state index contributed by atoms with van der Waals surface area (Å²) in [5.74, 6) is 0.985. The molecular formula is C17H20ClFN4. The molecule has 0 bridgehead atoms. The third kappa shape index (κ3) is 3.72. The maximum Gasteiger partial charge on any atom is 0.229 e. The van der Waals surface area contributed by atoms with E-state index in [4.69, 9.17) is 11.6 Å². The summed E-state index contributed by atoms with van der Waals surface area (Å²) >= 11 is 5.81. The Morgan fingerprint density at radius 1 is 1.35 bits per heavy atom. The van der Waals surface area contributed by atoms with Crippen molar-refractivity contribution in [3.63, 3.8) is 0 Å². The highest BCUT2D eigenvalue weighted by Crippen LogP contribution is 2.26. The standard InChI is InChI=1S/C17H20ClFN4/c1-2-13-5-3-4-10-23(13)16-8-9-20-17(22-16)21-12-6-7-15(19)14(18)11-12/h6-9,11,13H,2-5,10H2,1H3,(H,20,21,22). The molecule has 0 radical (unpaired) electrons. The predicted octanol–water partition coefficient (Wildman–Crippen LogP) is 4.78. The Hall–Kier alpha value is -1.88. The molecule has 2 heterocycles. The Morgan fingerprint density at radius 3 is 3.00 bits per heavy atom. The van der Waals surface area contributed by atoms with E-state index in [1.54, 1.807) is 12.3 Å². The summed E-state index contributed by atoms with van der Waals surface area (Å²) in [5, 5.41) is 3.16. The maximum atomic E-state index is 13.2. The number of hydrogen-bond donors (Lipinski definition) is 1. The van der Waals surface area contributed by atoms with Crippen LogP contribution in [0.4, 0.5) is 21.8 Å². The third-order valence-electron chi connectivity index (χ3n) is 4.21. The molecule has 0 amide bonds. The smallest absolute Gasteiger partial charge is 0.229 e. The van der Waals surface area contributed by atoms with E-state index in [0.717, 1.165) is 18.8 Å². The van der Waals surface area contributed by atoms with Crippen molar-refractivity contribution in [2.45, 2.75) is 38.6 Å². The minimum atomic E-state index is -0.439. The monoisotopic (exact) mass is 334 g/mol. The molecule has 6 heteroatoms. The minimum absolute atomic E-state index is 0.0771. The van der Waals surface area contributed by atoms with E-state index < -0.39 is 5.82 Å². The van der Waals surface area contributed by atoms with Crippen LogP contribution in [0.25, 0.3) is 0 Å². The van der Waals surface area contributed by atoms with Gasteiger partial charge in [0, 0.05) is 24.5 Å². The van der Waals surface area contributed by atoms with Crippen LogP contribution in [0, 0.1) is 5.82 Å². The van der Waals surface area contributed by atoms with Crippen LogP contribution in [0.5, 0.6) is 0 Å². The number of halogens is 2. The third-order valence-corrected chi connectivity index (χ3v) is 4.50. The lowest BCUT2D eigenvalue weighted by molar-refractivity contribution is 0.447. The SMILES string of the molecule is CCC1CCCCN1c1ccnc(Nc2ccc(F)c(Cl)c2)n1. The first-order chi connectivity index (χ1) is 11.2. The van der Waals surface area contributed by atoms with Gasteiger partial charge in [0.1, 0.15) is 11.6 Å². The van der Waals surface area contributed by atoms with E-state index in [9.17, 15) is 4.39 Å². The molecule has 1 N–H and O–H groups in total. The molecule has 23 heavy (non-hydrogen) atoms. The highest BCUT2D eigenvalue weighted by Gasteiger charge is 2.22. The van der Waals surface area contributed by atoms with Crippen LogP contribution in [0.3, 0.4) is 0 Å². The van der Waals surface area contributed by atoms with Crippen LogP contribution in [0.2, 0.25) is 5.02 Å². The first-order valence-electron chi connectivity index (χ1n) is 7.99. The second kappa shape index (κ2) is 7.13. The Bertz CT molecular complexity index is 679. The second-order valence-corrected chi connectivity index (χ2v) is 6.15. The van der Waals surface area contributed by atoms with Gasteiger partial charge in [-0.05, 0) is 49.9 Å². The average molecular weight is 335 g/mol. The van der Waals surface area contributed by atoms with Crippen molar-refractivity contribution in [1.82, 2.24) is 9.97 Å². The number of benzene rings is 1. The van der Waals surface area contributed by atoms with Gasteiger partial charge in [-0.2, -0.15) is 4.98 Å². The van der Waals surface area contributed by atoms with Crippen molar-refractivity contribution in [2.75, 3.05) is 16.8 Å². The Kier molecular flexibility index (Phi) is 4.96. The molecule has 4 nitrogen and oxygen atoms in total. The highest BCUT2D eigenvalue weighted by atomic mass is 35.5. The zero-order chi connectivity index (χ0) is 16.2. The first kappa shape index (κ1) is 16.0. The van der Waals surface area contributed by atoms with Gasteiger partial charge in [0.05, 0.1) is 5.02 Å². The van der Waals surface area contributed by atoms with Crippen molar-refractivity contribution in [1.29, 1.82) is 0 Å². The van der Waals surface area contributed by atoms with E-state index in [0.29, 0.717) is 17.7 Å². The molecule has 1 atom stereocenters. The fraction of sp³-hybridized carbons (Fsp3) is 0.412. The van der Waals surface area contributed by atoms with Crippen molar-refractivity contribution < 1.29 is 4.39 Å². The zero-order valence-corrected chi connectivity index (χ0v) is 13.9. The quantitative estimate of drug-likeness (QED) is 0.873. The van der Waals surface area contributed by atoms with Gasteiger partial charge in [-0.15, -0.1) is 0 Å². The van der Waals surface area contributed by atoms with Crippen LogP contribution in [0.1, 0.15) is 32.6 Å². The van der Waals surface area contributed by atoms with Crippen molar-refractivity contribution in [3.8, 4) is 0 Å². The lowest BCUT2D eigenvalue weighted by atomic mass is 10.0. The molecule has 1 unspecified atom stereocenters. The number of rotatable bonds is 4. The van der Waals surface area contributed by atoms with Crippen LogP contribution >= 0.6 is 11.6 Å². The summed E-state index contributed by atoms with van der Waals surface area (Å²) in [6.07, 6.45) is 6.53. The molecule has 0 spiro atoms. The Labute approximate surface area is 140 Å². The summed E-state index contributed by atoms with van der Waals surface area (Å²) in [7, 11) is 0. The van der Waals surface area contributed by atoms with E-state index in [-0.39, 0.29) is 5.02 Å².